The first-order chi connectivity index (χ1) is 12.6. The van der Waals surface area contributed by atoms with Gasteiger partial charge in [0.25, 0.3) is 0 Å². The molecule has 0 amide bonds. The lowest BCUT2D eigenvalue weighted by atomic mass is 10.0. The maximum absolute atomic E-state index is 12.9. The maximum atomic E-state index is 12.9. The highest BCUT2D eigenvalue weighted by atomic mass is 35.5. The third-order valence-corrected chi connectivity index (χ3v) is 4.34. The molecule has 134 valence electrons. The summed E-state index contributed by atoms with van der Waals surface area (Å²) in [4.78, 5) is 29.3. The molecular formula is C19H18ClN3O3. The lowest BCUT2D eigenvalue weighted by Gasteiger charge is -2.26. The molecule has 1 heterocycles. The molecule has 7 heteroatoms. The van der Waals surface area contributed by atoms with Crippen molar-refractivity contribution in [3.63, 3.8) is 0 Å². The molecule has 0 saturated heterocycles. The largest absolute Gasteiger partial charge is 0.463 e. The molecule has 1 N–H and O–H groups in total. The number of halogens is 1. The number of hydrogen-bond donors (Lipinski definition) is 1. The number of alkyl halides is 1. The standard InChI is InChI=1S/C19H18ClN3O3/c1-2-26-18(25)19(12-20)21-13-23(22-19)16-11-7-6-10-15(16)17(24)14-8-4-3-5-9-14/h3-11,13,22H,2,12H2,1H3. The number of hydrazine groups is 1. The number of ketones is 1. The SMILES string of the molecule is CCOC(=O)C1(CCl)N=CN(c2ccccc2C(=O)c2ccccc2)N1. The third kappa shape index (κ3) is 3.34. The van der Waals surface area contributed by atoms with E-state index in [4.69, 9.17) is 16.3 Å². The Kier molecular flexibility index (Phi) is 5.35. The smallest absolute Gasteiger partial charge is 0.352 e. The zero-order valence-corrected chi connectivity index (χ0v) is 14.9. The Labute approximate surface area is 156 Å². The monoisotopic (exact) mass is 371 g/mol. The van der Waals surface area contributed by atoms with E-state index in [1.165, 1.54) is 11.3 Å². The Balaban J connectivity index is 1.91. The summed E-state index contributed by atoms with van der Waals surface area (Å²) in [6.07, 6.45) is 1.44. The van der Waals surface area contributed by atoms with Crippen LogP contribution in [0.5, 0.6) is 0 Å². The number of benzene rings is 2. The number of ether oxygens (including phenoxy) is 1. The van der Waals surface area contributed by atoms with E-state index in [0.717, 1.165) is 0 Å². The molecule has 6 nitrogen and oxygen atoms in total. The Hall–Kier alpha value is -2.70. The predicted molar refractivity (Wildman–Crippen MR) is 101 cm³/mol. The minimum absolute atomic E-state index is 0.104. The zero-order chi connectivity index (χ0) is 18.6. The van der Waals surface area contributed by atoms with Crippen LogP contribution in [-0.4, -0.2) is 36.2 Å². The summed E-state index contributed by atoms with van der Waals surface area (Å²) in [5.41, 5.74) is 3.18. The van der Waals surface area contributed by atoms with Gasteiger partial charge in [-0.3, -0.25) is 9.80 Å². The van der Waals surface area contributed by atoms with Gasteiger partial charge in [0.15, 0.2) is 5.78 Å². The van der Waals surface area contributed by atoms with E-state index < -0.39 is 11.6 Å². The Bertz CT molecular complexity index is 841. The van der Waals surface area contributed by atoms with Crippen LogP contribution in [-0.2, 0) is 9.53 Å². The van der Waals surface area contributed by atoms with Crippen molar-refractivity contribution in [1.82, 2.24) is 5.43 Å². The minimum Gasteiger partial charge on any atom is -0.463 e. The summed E-state index contributed by atoms with van der Waals surface area (Å²) in [7, 11) is 0. The van der Waals surface area contributed by atoms with Gasteiger partial charge in [0, 0.05) is 11.1 Å². The molecule has 0 aromatic heterocycles. The van der Waals surface area contributed by atoms with E-state index in [9.17, 15) is 9.59 Å². The van der Waals surface area contributed by atoms with Crippen LogP contribution in [0.2, 0.25) is 0 Å². The topological polar surface area (TPSA) is 71.0 Å². The predicted octanol–water partition coefficient (Wildman–Crippen LogP) is 2.77. The van der Waals surface area contributed by atoms with Crippen LogP contribution in [0.15, 0.2) is 59.6 Å². The van der Waals surface area contributed by atoms with Gasteiger partial charge in [0.2, 0.25) is 5.66 Å². The van der Waals surface area contributed by atoms with Crippen LogP contribution in [0.25, 0.3) is 0 Å². The van der Waals surface area contributed by atoms with Crippen molar-refractivity contribution in [3.05, 3.63) is 65.7 Å². The van der Waals surface area contributed by atoms with Crippen LogP contribution >= 0.6 is 11.6 Å². The second kappa shape index (κ2) is 7.68. The highest BCUT2D eigenvalue weighted by Crippen LogP contribution is 2.26. The number of rotatable bonds is 6. The highest BCUT2D eigenvalue weighted by Gasteiger charge is 2.44. The number of carbonyl (C=O) groups is 2. The van der Waals surface area contributed by atoms with Crippen molar-refractivity contribution in [2.24, 2.45) is 4.99 Å². The number of aliphatic imine (C=N–C) groups is 1. The van der Waals surface area contributed by atoms with Gasteiger partial charge in [-0.05, 0) is 19.1 Å². The van der Waals surface area contributed by atoms with E-state index in [1.54, 1.807) is 43.3 Å². The summed E-state index contributed by atoms with van der Waals surface area (Å²) in [5, 5.41) is 1.52. The van der Waals surface area contributed by atoms with Gasteiger partial charge in [-0.25, -0.2) is 9.79 Å². The van der Waals surface area contributed by atoms with Gasteiger partial charge in [-0.1, -0.05) is 42.5 Å². The average Bonchev–Trinajstić information content (AvgIpc) is 3.14. The summed E-state index contributed by atoms with van der Waals surface area (Å²) < 4.78 is 5.06. The first-order valence-corrected chi connectivity index (χ1v) is 8.69. The number of hydrogen-bond acceptors (Lipinski definition) is 6. The van der Waals surface area contributed by atoms with Crippen molar-refractivity contribution < 1.29 is 14.3 Å². The van der Waals surface area contributed by atoms with E-state index in [1.807, 2.05) is 18.2 Å². The van der Waals surface area contributed by atoms with E-state index >= 15 is 0 Å². The fourth-order valence-electron chi connectivity index (χ4n) is 2.62. The summed E-state index contributed by atoms with van der Waals surface area (Å²) in [6, 6.07) is 16.1. The number of nitrogens with one attached hydrogen (secondary N) is 1. The van der Waals surface area contributed by atoms with Crippen molar-refractivity contribution in [2.45, 2.75) is 12.6 Å². The zero-order valence-electron chi connectivity index (χ0n) is 14.2. The molecule has 26 heavy (non-hydrogen) atoms. The maximum Gasteiger partial charge on any atom is 0.352 e. The average molecular weight is 372 g/mol. The molecule has 3 rings (SSSR count). The highest BCUT2D eigenvalue weighted by molar-refractivity contribution is 6.21. The molecule has 0 aliphatic carbocycles. The molecular weight excluding hydrogens is 354 g/mol. The summed E-state index contributed by atoms with van der Waals surface area (Å²) >= 11 is 5.98. The normalized spacial score (nSPS) is 18.8. The van der Waals surface area contributed by atoms with Crippen LogP contribution in [0, 0.1) is 0 Å². The third-order valence-electron chi connectivity index (χ3n) is 3.95. The molecule has 2 aromatic carbocycles. The Morgan fingerprint density at radius 1 is 1.15 bits per heavy atom. The van der Waals surface area contributed by atoms with Crippen molar-refractivity contribution in [1.29, 1.82) is 0 Å². The lowest BCUT2D eigenvalue weighted by molar-refractivity contribution is -0.149. The number of nitrogens with zero attached hydrogens (tertiary/aromatic N) is 2. The van der Waals surface area contributed by atoms with Gasteiger partial charge < -0.3 is 4.74 Å². The van der Waals surface area contributed by atoms with Crippen molar-refractivity contribution in [2.75, 3.05) is 17.5 Å². The van der Waals surface area contributed by atoms with Gasteiger partial charge in [0.05, 0.1) is 18.2 Å². The molecule has 1 atom stereocenters. The molecule has 0 spiro atoms. The number of anilines is 1. The van der Waals surface area contributed by atoms with Crippen molar-refractivity contribution in [3.8, 4) is 0 Å². The second-order valence-electron chi connectivity index (χ2n) is 5.65. The van der Waals surface area contributed by atoms with Crippen LogP contribution in [0.3, 0.4) is 0 Å². The molecule has 0 bridgehead atoms. The lowest BCUT2D eigenvalue weighted by Crippen LogP contribution is -2.55. The first-order valence-electron chi connectivity index (χ1n) is 8.15. The fraction of sp³-hybridized carbons (Fsp3) is 0.211. The molecule has 1 aliphatic rings. The summed E-state index contributed by atoms with van der Waals surface area (Å²) in [5.74, 6) is -0.801. The molecule has 2 aromatic rings. The molecule has 1 unspecified atom stereocenters. The Morgan fingerprint density at radius 2 is 1.85 bits per heavy atom. The van der Waals surface area contributed by atoms with Gasteiger partial charge in [-0.2, -0.15) is 5.43 Å². The molecule has 0 saturated carbocycles. The Morgan fingerprint density at radius 3 is 2.54 bits per heavy atom. The van der Waals surface area contributed by atoms with Crippen molar-refractivity contribution >= 4 is 35.4 Å². The van der Waals surface area contributed by atoms with Gasteiger partial charge in [0.1, 0.15) is 6.34 Å². The van der Waals surface area contributed by atoms with Crippen LogP contribution in [0.1, 0.15) is 22.8 Å². The molecule has 0 radical (unpaired) electrons. The second-order valence-corrected chi connectivity index (χ2v) is 5.92. The number of esters is 1. The quantitative estimate of drug-likeness (QED) is 0.480. The van der Waals surface area contributed by atoms with Crippen LogP contribution < -0.4 is 10.4 Å². The van der Waals surface area contributed by atoms with Gasteiger partial charge in [-0.15, -0.1) is 11.6 Å². The fourth-order valence-corrected chi connectivity index (χ4v) is 2.86. The first kappa shape index (κ1) is 18.1. The van der Waals surface area contributed by atoms with E-state index in [0.29, 0.717) is 16.8 Å². The van der Waals surface area contributed by atoms with E-state index in [2.05, 4.69) is 10.4 Å². The molecule has 1 aliphatic heterocycles. The molecule has 0 fully saturated rings. The van der Waals surface area contributed by atoms with E-state index in [-0.39, 0.29) is 18.3 Å². The number of para-hydroxylation sites is 1. The van der Waals surface area contributed by atoms with Gasteiger partial charge >= 0.3 is 5.97 Å². The van der Waals surface area contributed by atoms with Crippen LogP contribution in [0.4, 0.5) is 5.69 Å². The summed E-state index contributed by atoms with van der Waals surface area (Å²) in [6.45, 7) is 1.93. The minimum atomic E-state index is -1.40. The number of carbonyl (C=O) groups excluding carboxylic acids is 2.